The highest BCUT2D eigenvalue weighted by atomic mass is 16.5. The average molecular weight is 436 g/mol. The van der Waals surface area contributed by atoms with E-state index in [2.05, 4.69) is 4.90 Å². The van der Waals surface area contributed by atoms with Crippen LogP contribution in [-0.2, 0) is 6.54 Å². The second-order valence-corrected chi connectivity index (χ2v) is 8.73. The molecule has 0 unspecified atom stereocenters. The number of carbonyl (C=O) groups is 1. The van der Waals surface area contributed by atoms with Crippen LogP contribution in [0.3, 0.4) is 0 Å². The van der Waals surface area contributed by atoms with Gasteiger partial charge in [0, 0.05) is 23.7 Å². The Bertz CT molecular complexity index is 1080. The molecule has 2 aliphatic heterocycles. The summed E-state index contributed by atoms with van der Waals surface area (Å²) in [5, 5.41) is 0. The van der Waals surface area contributed by atoms with Crippen LogP contribution in [0.2, 0.25) is 0 Å². The zero-order valence-electron chi connectivity index (χ0n) is 18.9. The van der Waals surface area contributed by atoms with E-state index >= 15 is 0 Å². The third-order valence-corrected chi connectivity index (χ3v) is 6.76. The summed E-state index contributed by atoms with van der Waals surface area (Å²) in [4.78, 5) is 15.6. The van der Waals surface area contributed by atoms with Gasteiger partial charge in [-0.15, -0.1) is 0 Å². The van der Waals surface area contributed by atoms with Gasteiger partial charge in [-0.25, -0.2) is 0 Å². The van der Waals surface area contributed by atoms with E-state index in [1.54, 1.807) is 20.3 Å². The molecule has 5 rings (SSSR count). The van der Waals surface area contributed by atoms with Crippen molar-refractivity contribution in [2.24, 2.45) is 0 Å². The summed E-state index contributed by atoms with van der Waals surface area (Å²) >= 11 is 0. The van der Waals surface area contributed by atoms with Crippen LogP contribution >= 0.6 is 0 Å². The quantitative estimate of drug-likeness (QED) is 0.622. The maximum Gasteiger partial charge on any atom is 0.231 e. The number of nitrogens with zero attached hydrogens (tertiary/aromatic N) is 1. The molecule has 0 atom stereocenters. The third kappa shape index (κ3) is 3.62. The van der Waals surface area contributed by atoms with Crippen molar-refractivity contribution in [3.63, 3.8) is 0 Å². The standard InChI is InChI=1S/C26H29NO5/c1-16-25-18(14-27(15-31-25)19-7-5-4-6-8-19)13-20-24(28)23(32-26(16)20)12-17-9-10-21(29-2)22(11-17)30-3/h9-13,19H,4-8,14-15H2,1-3H3/b23-12-. The largest absolute Gasteiger partial charge is 0.493 e. The first-order chi connectivity index (χ1) is 15.6. The maximum absolute atomic E-state index is 13.2. The summed E-state index contributed by atoms with van der Waals surface area (Å²) in [7, 11) is 3.19. The molecular formula is C26H29NO5. The molecule has 2 heterocycles. The van der Waals surface area contributed by atoms with E-state index in [-0.39, 0.29) is 5.78 Å². The molecule has 1 saturated carbocycles. The predicted octanol–water partition coefficient (Wildman–Crippen LogP) is 5.11. The van der Waals surface area contributed by atoms with E-state index in [1.807, 2.05) is 31.2 Å². The summed E-state index contributed by atoms with van der Waals surface area (Å²) in [5.74, 6) is 2.91. The number of ketones is 1. The summed E-state index contributed by atoms with van der Waals surface area (Å²) in [6.45, 7) is 3.39. The van der Waals surface area contributed by atoms with Crippen molar-refractivity contribution >= 4 is 11.9 Å². The van der Waals surface area contributed by atoms with E-state index in [0.29, 0.717) is 41.3 Å². The summed E-state index contributed by atoms with van der Waals surface area (Å²) < 4.78 is 22.9. The van der Waals surface area contributed by atoms with Crippen molar-refractivity contribution in [3.8, 4) is 23.0 Å². The molecule has 0 bridgehead atoms. The molecule has 0 amide bonds. The van der Waals surface area contributed by atoms with E-state index < -0.39 is 0 Å². The average Bonchev–Trinajstić information content (AvgIpc) is 3.14. The summed E-state index contributed by atoms with van der Waals surface area (Å²) in [5.41, 5.74) is 3.38. The Hall–Kier alpha value is -2.99. The van der Waals surface area contributed by atoms with Gasteiger partial charge in [-0.3, -0.25) is 9.69 Å². The van der Waals surface area contributed by atoms with E-state index in [4.69, 9.17) is 18.9 Å². The lowest BCUT2D eigenvalue weighted by atomic mass is 9.93. The van der Waals surface area contributed by atoms with Crippen LogP contribution in [0.15, 0.2) is 30.0 Å². The third-order valence-electron chi connectivity index (χ3n) is 6.76. The molecule has 0 saturated heterocycles. The number of fused-ring (bicyclic) bond motifs is 2. The van der Waals surface area contributed by atoms with Gasteiger partial charge in [-0.1, -0.05) is 25.3 Å². The number of benzene rings is 2. The lowest BCUT2D eigenvalue weighted by Crippen LogP contribution is -2.41. The molecule has 1 fully saturated rings. The Kier molecular flexibility index (Phi) is 5.55. The number of ether oxygens (including phenoxy) is 4. The Balaban J connectivity index is 1.43. The fraction of sp³-hybridized carbons (Fsp3) is 0.423. The SMILES string of the molecule is COc1ccc(/C=C2\Oc3c(cc4c(c3C)OCN(C3CCCCC3)C4)C2=O)cc1OC. The van der Waals surface area contributed by atoms with Gasteiger partial charge in [0.05, 0.1) is 19.8 Å². The zero-order valence-corrected chi connectivity index (χ0v) is 18.9. The number of hydrogen-bond acceptors (Lipinski definition) is 6. The molecule has 6 heteroatoms. The minimum atomic E-state index is -0.101. The molecular weight excluding hydrogens is 406 g/mol. The van der Waals surface area contributed by atoms with Crippen molar-refractivity contribution < 1.29 is 23.7 Å². The molecule has 2 aromatic carbocycles. The second kappa shape index (κ2) is 8.51. The topological polar surface area (TPSA) is 57.2 Å². The van der Waals surface area contributed by atoms with Crippen molar-refractivity contribution in [3.05, 3.63) is 52.3 Å². The normalized spacial score (nSPS) is 19.8. The fourth-order valence-electron chi connectivity index (χ4n) is 5.04. The number of carbonyl (C=O) groups excluding carboxylic acids is 1. The maximum atomic E-state index is 13.2. The van der Waals surface area contributed by atoms with E-state index in [0.717, 1.165) is 29.0 Å². The van der Waals surface area contributed by atoms with Gasteiger partial charge in [0.1, 0.15) is 18.2 Å². The van der Waals surface area contributed by atoms with Gasteiger partial charge in [-0.2, -0.15) is 0 Å². The lowest BCUT2D eigenvalue weighted by molar-refractivity contribution is 0.0397. The van der Waals surface area contributed by atoms with Crippen LogP contribution in [0.5, 0.6) is 23.0 Å². The molecule has 0 aromatic heterocycles. The van der Waals surface area contributed by atoms with Crippen LogP contribution < -0.4 is 18.9 Å². The number of rotatable bonds is 4. The van der Waals surface area contributed by atoms with Gasteiger partial charge in [-0.05, 0) is 49.6 Å². The molecule has 0 radical (unpaired) electrons. The fourth-order valence-corrected chi connectivity index (χ4v) is 5.04. The minimum Gasteiger partial charge on any atom is -0.493 e. The molecule has 6 nitrogen and oxygen atoms in total. The second-order valence-electron chi connectivity index (χ2n) is 8.73. The Morgan fingerprint density at radius 1 is 1.03 bits per heavy atom. The van der Waals surface area contributed by atoms with Gasteiger partial charge in [0.25, 0.3) is 0 Å². The predicted molar refractivity (Wildman–Crippen MR) is 122 cm³/mol. The number of allylic oxidation sites excluding steroid dienone is 1. The van der Waals surface area contributed by atoms with E-state index in [9.17, 15) is 4.79 Å². The lowest BCUT2D eigenvalue weighted by Gasteiger charge is -2.37. The summed E-state index contributed by atoms with van der Waals surface area (Å²) in [6, 6.07) is 8.05. The van der Waals surface area contributed by atoms with Gasteiger partial charge >= 0.3 is 0 Å². The molecule has 1 aliphatic carbocycles. The zero-order chi connectivity index (χ0) is 22.2. The first kappa shape index (κ1) is 20.9. The highest BCUT2D eigenvalue weighted by molar-refractivity contribution is 6.15. The van der Waals surface area contributed by atoms with Crippen LogP contribution in [0.25, 0.3) is 6.08 Å². The molecule has 32 heavy (non-hydrogen) atoms. The molecule has 0 N–H and O–H groups in total. The highest BCUT2D eigenvalue weighted by Crippen LogP contribution is 2.44. The Morgan fingerprint density at radius 2 is 1.81 bits per heavy atom. The van der Waals surface area contributed by atoms with Crippen LogP contribution in [-0.4, -0.2) is 37.7 Å². The van der Waals surface area contributed by atoms with Crippen LogP contribution in [0.1, 0.15) is 59.2 Å². The first-order valence-corrected chi connectivity index (χ1v) is 11.3. The van der Waals surface area contributed by atoms with Crippen molar-refractivity contribution in [1.82, 2.24) is 4.90 Å². The molecule has 0 spiro atoms. The van der Waals surface area contributed by atoms with Crippen molar-refractivity contribution in [1.29, 1.82) is 0 Å². The van der Waals surface area contributed by atoms with Crippen LogP contribution in [0.4, 0.5) is 0 Å². The number of Topliss-reactive ketones (excluding diaryl/α,β-unsaturated/α-hetero) is 1. The van der Waals surface area contributed by atoms with Gasteiger partial charge in [0.2, 0.25) is 5.78 Å². The Morgan fingerprint density at radius 3 is 2.56 bits per heavy atom. The van der Waals surface area contributed by atoms with Crippen molar-refractivity contribution in [2.45, 2.75) is 51.6 Å². The monoisotopic (exact) mass is 435 g/mol. The van der Waals surface area contributed by atoms with Crippen LogP contribution in [0, 0.1) is 6.92 Å². The van der Waals surface area contributed by atoms with Gasteiger partial charge < -0.3 is 18.9 Å². The highest BCUT2D eigenvalue weighted by Gasteiger charge is 2.35. The smallest absolute Gasteiger partial charge is 0.231 e. The Labute approximate surface area is 188 Å². The van der Waals surface area contributed by atoms with Crippen molar-refractivity contribution in [2.75, 3.05) is 21.0 Å². The first-order valence-electron chi connectivity index (χ1n) is 11.3. The number of hydrogen-bond donors (Lipinski definition) is 0. The summed E-state index contributed by atoms with van der Waals surface area (Å²) in [6.07, 6.45) is 8.10. The molecule has 168 valence electrons. The van der Waals surface area contributed by atoms with E-state index in [1.165, 1.54) is 32.1 Å². The number of methoxy groups -OCH3 is 2. The van der Waals surface area contributed by atoms with Gasteiger partial charge in [0.15, 0.2) is 17.3 Å². The minimum absolute atomic E-state index is 0.101. The molecule has 2 aromatic rings. The molecule has 3 aliphatic rings.